The van der Waals surface area contributed by atoms with Gasteiger partial charge in [-0.1, -0.05) is 11.6 Å². The normalized spacial score (nSPS) is 51.5. The van der Waals surface area contributed by atoms with E-state index in [1.54, 1.807) is 0 Å². The van der Waals surface area contributed by atoms with Crippen LogP contribution in [0, 0.1) is 5.41 Å². The third-order valence-electron chi connectivity index (χ3n) is 6.92. The summed E-state index contributed by atoms with van der Waals surface area (Å²) in [4.78, 5) is 23.9. The van der Waals surface area contributed by atoms with Crippen LogP contribution in [0.5, 0.6) is 0 Å². The fraction of sp³-hybridized carbons (Fsp3) is 0.789. The van der Waals surface area contributed by atoms with Gasteiger partial charge in [0.05, 0.1) is 11.5 Å². The number of allylic oxidation sites excluding steroid dienone is 1. The van der Waals surface area contributed by atoms with Gasteiger partial charge in [-0.3, -0.25) is 9.59 Å². The van der Waals surface area contributed by atoms with E-state index in [0.29, 0.717) is 6.42 Å². The zero-order valence-electron chi connectivity index (χ0n) is 15.8. The molecule has 4 rings (SSSR count). The van der Waals surface area contributed by atoms with E-state index in [2.05, 4.69) is 0 Å². The molecule has 1 spiro atoms. The number of hydrogen-bond acceptors (Lipinski definition) is 7. The standard InChI is InChI=1S/C19H26O7/c1-9-6-7-18(26-12(4)21)13(8-9)24-16-14(22)15(23-11(3)20)17(18,5)19(16)10(2)25-19/h8,10,13-16,22H,6-7H2,1-5H3/t10-,13-,14-,15-,16-,17-,18-,19+/m1/s1. The number of ether oxygens (including phenoxy) is 4. The number of epoxide rings is 1. The first-order valence-electron chi connectivity index (χ1n) is 9.15. The second-order valence-electron chi connectivity index (χ2n) is 8.25. The first-order valence-corrected chi connectivity index (χ1v) is 9.15. The molecule has 1 saturated carbocycles. The Labute approximate surface area is 152 Å². The van der Waals surface area contributed by atoms with Gasteiger partial charge < -0.3 is 24.1 Å². The van der Waals surface area contributed by atoms with Crippen LogP contribution in [0.2, 0.25) is 0 Å². The minimum Gasteiger partial charge on any atom is -0.459 e. The maximum Gasteiger partial charge on any atom is 0.303 e. The average Bonchev–Trinajstić information content (AvgIpc) is 3.18. The van der Waals surface area contributed by atoms with Crippen molar-refractivity contribution in [3.63, 3.8) is 0 Å². The van der Waals surface area contributed by atoms with E-state index >= 15 is 0 Å². The van der Waals surface area contributed by atoms with Gasteiger partial charge in [-0.2, -0.15) is 0 Å². The predicted molar refractivity (Wildman–Crippen MR) is 89.1 cm³/mol. The smallest absolute Gasteiger partial charge is 0.303 e. The Bertz CT molecular complexity index is 702. The van der Waals surface area contributed by atoms with Gasteiger partial charge in [0.1, 0.15) is 30.0 Å². The van der Waals surface area contributed by atoms with Crippen molar-refractivity contribution in [2.75, 3.05) is 0 Å². The molecule has 2 aliphatic heterocycles. The summed E-state index contributed by atoms with van der Waals surface area (Å²) in [7, 11) is 0. The molecule has 8 atom stereocenters. The third-order valence-corrected chi connectivity index (χ3v) is 6.92. The van der Waals surface area contributed by atoms with Gasteiger partial charge in [0, 0.05) is 13.8 Å². The Morgan fingerprint density at radius 2 is 1.96 bits per heavy atom. The molecule has 0 aromatic heterocycles. The fourth-order valence-corrected chi connectivity index (χ4v) is 5.83. The van der Waals surface area contributed by atoms with Crippen LogP contribution in [0.3, 0.4) is 0 Å². The molecular formula is C19H26O7. The van der Waals surface area contributed by atoms with Crippen molar-refractivity contribution in [1.82, 2.24) is 0 Å². The Kier molecular flexibility index (Phi) is 3.66. The van der Waals surface area contributed by atoms with E-state index in [9.17, 15) is 14.7 Å². The molecule has 0 radical (unpaired) electrons. The van der Waals surface area contributed by atoms with E-state index < -0.39 is 53.0 Å². The van der Waals surface area contributed by atoms with Gasteiger partial charge in [0.2, 0.25) is 0 Å². The number of rotatable bonds is 2. The highest BCUT2D eigenvalue weighted by Gasteiger charge is 2.89. The number of carbonyl (C=O) groups is 2. The van der Waals surface area contributed by atoms with E-state index in [-0.39, 0.29) is 6.10 Å². The monoisotopic (exact) mass is 366 g/mol. The van der Waals surface area contributed by atoms with Gasteiger partial charge in [-0.05, 0) is 33.6 Å². The lowest BCUT2D eigenvalue weighted by Gasteiger charge is -2.57. The van der Waals surface area contributed by atoms with Gasteiger partial charge in [-0.25, -0.2) is 0 Å². The minimum absolute atomic E-state index is 0.201. The van der Waals surface area contributed by atoms with Crippen LogP contribution in [-0.4, -0.2) is 58.8 Å². The van der Waals surface area contributed by atoms with Crippen LogP contribution in [0.4, 0.5) is 0 Å². The molecule has 3 fully saturated rings. The Hall–Kier alpha value is -1.44. The van der Waals surface area contributed by atoms with Gasteiger partial charge in [0.25, 0.3) is 0 Å². The van der Waals surface area contributed by atoms with Crippen molar-refractivity contribution in [3.8, 4) is 0 Å². The quantitative estimate of drug-likeness (QED) is 0.447. The molecule has 1 N–H and O–H groups in total. The van der Waals surface area contributed by atoms with Crippen LogP contribution in [0.15, 0.2) is 11.6 Å². The summed E-state index contributed by atoms with van der Waals surface area (Å²) in [6.45, 7) is 8.49. The topological polar surface area (TPSA) is 94.6 Å². The SMILES string of the molecule is CC(=O)O[C@@H]1[C@@H](O)[C@H]2O[C@@H]3C=C(C)CC[C@]3(OC(C)=O)[C@]1(C)[C@@]21O[C@@H]1C. The summed E-state index contributed by atoms with van der Waals surface area (Å²) in [6, 6.07) is 0. The number of carbonyl (C=O) groups excluding carboxylic acids is 2. The Morgan fingerprint density at radius 1 is 1.31 bits per heavy atom. The van der Waals surface area contributed by atoms with Gasteiger partial charge in [-0.15, -0.1) is 0 Å². The lowest BCUT2D eigenvalue weighted by atomic mass is 9.57. The molecule has 2 heterocycles. The molecule has 0 amide bonds. The first-order chi connectivity index (χ1) is 12.1. The maximum absolute atomic E-state index is 12.1. The van der Waals surface area contributed by atoms with Crippen LogP contribution in [0.25, 0.3) is 0 Å². The van der Waals surface area contributed by atoms with Crippen LogP contribution < -0.4 is 0 Å². The van der Waals surface area contributed by atoms with Crippen LogP contribution in [-0.2, 0) is 28.5 Å². The number of esters is 2. The van der Waals surface area contributed by atoms with Gasteiger partial charge >= 0.3 is 11.9 Å². The van der Waals surface area contributed by atoms with E-state index in [1.807, 2.05) is 26.8 Å². The highest BCUT2D eigenvalue weighted by molar-refractivity contribution is 5.68. The molecular weight excluding hydrogens is 340 g/mol. The highest BCUT2D eigenvalue weighted by atomic mass is 16.7. The summed E-state index contributed by atoms with van der Waals surface area (Å²) >= 11 is 0. The Balaban J connectivity index is 1.93. The number of hydrogen-bond donors (Lipinski definition) is 1. The van der Waals surface area contributed by atoms with E-state index in [0.717, 1.165) is 12.0 Å². The number of fused-ring (bicyclic) bond motifs is 2. The highest BCUT2D eigenvalue weighted by Crippen LogP contribution is 2.71. The zero-order chi connectivity index (χ0) is 19.1. The van der Waals surface area contributed by atoms with Gasteiger partial charge in [0.15, 0.2) is 5.60 Å². The van der Waals surface area contributed by atoms with E-state index in [4.69, 9.17) is 18.9 Å². The lowest BCUT2D eigenvalue weighted by Crippen LogP contribution is -2.71. The van der Waals surface area contributed by atoms with E-state index in [1.165, 1.54) is 13.8 Å². The summed E-state index contributed by atoms with van der Waals surface area (Å²) in [5.41, 5.74) is -1.71. The molecule has 2 saturated heterocycles. The second kappa shape index (κ2) is 5.30. The van der Waals surface area contributed by atoms with Crippen molar-refractivity contribution in [2.24, 2.45) is 5.41 Å². The molecule has 7 nitrogen and oxygen atoms in total. The molecule has 4 aliphatic rings. The summed E-state index contributed by atoms with van der Waals surface area (Å²) in [5.74, 6) is -0.930. The molecule has 2 aliphatic carbocycles. The molecule has 2 bridgehead atoms. The molecule has 26 heavy (non-hydrogen) atoms. The second-order valence-corrected chi connectivity index (χ2v) is 8.25. The average molecular weight is 366 g/mol. The molecule has 144 valence electrons. The number of aliphatic hydroxyl groups excluding tert-OH is 1. The maximum atomic E-state index is 12.1. The fourth-order valence-electron chi connectivity index (χ4n) is 5.83. The molecule has 7 heteroatoms. The first kappa shape index (κ1) is 17.9. The molecule has 0 unspecified atom stereocenters. The molecule has 0 aromatic carbocycles. The van der Waals surface area contributed by atoms with Crippen molar-refractivity contribution in [3.05, 3.63) is 11.6 Å². The van der Waals surface area contributed by atoms with Crippen molar-refractivity contribution < 1.29 is 33.6 Å². The summed E-state index contributed by atoms with van der Waals surface area (Å²) in [6.07, 6.45) is -0.110. The summed E-state index contributed by atoms with van der Waals surface area (Å²) < 4.78 is 23.8. The predicted octanol–water partition coefficient (Wildman–Crippen LogP) is 1.27. The Morgan fingerprint density at radius 3 is 2.50 bits per heavy atom. The minimum atomic E-state index is -1.07. The lowest BCUT2D eigenvalue weighted by molar-refractivity contribution is -0.264. The van der Waals surface area contributed by atoms with Crippen molar-refractivity contribution in [1.29, 1.82) is 0 Å². The zero-order valence-corrected chi connectivity index (χ0v) is 15.8. The summed E-state index contributed by atoms with van der Waals surface area (Å²) in [5, 5.41) is 11.0. The van der Waals surface area contributed by atoms with Crippen molar-refractivity contribution in [2.45, 2.75) is 89.2 Å². The number of aliphatic hydroxyl groups is 1. The largest absolute Gasteiger partial charge is 0.459 e. The third kappa shape index (κ3) is 1.89. The van der Waals surface area contributed by atoms with Crippen LogP contribution in [0.1, 0.15) is 47.5 Å². The van der Waals surface area contributed by atoms with Crippen LogP contribution >= 0.6 is 0 Å². The van der Waals surface area contributed by atoms with Crippen molar-refractivity contribution >= 4 is 11.9 Å². The molecule has 0 aromatic rings.